The maximum absolute atomic E-state index is 12.7. The molecule has 0 heterocycles. The Labute approximate surface area is 344 Å². The molecule has 320 valence electrons. The molecule has 0 amide bonds. The van der Waals surface area contributed by atoms with Crippen LogP contribution in [0.25, 0.3) is 0 Å². The molecule has 0 spiro atoms. The molecular formula is C50H84O6. The van der Waals surface area contributed by atoms with Crippen molar-refractivity contribution in [1.29, 1.82) is 0 Å². The van der Waals surface area contributed by atoms with Gasteiger partial charge in [0.2, 0.25) is 0 Å². The zero-order valence-corrected chi connectivity index (χ0v) is 36.4. The van der Waals surface area contributed by atoms with E-state index in [4.69, 9.17) is 14.2 Å². The van der Waals surface area contributed by atoms with Crippen LogP contribution in [-0.2, 0) is 28.6 Å². The highest BCUT2D eigenvalue weighted by Crippen LogP contribution is 2.12. The van der Waals surface area contributed by atoms with Crippen LogP contribution >= 0.6 is 0 Å². The number of esters is 3. The quantitative estimate of drug-likeness (QED) is 0.0203. The molecule has 0 radical (unpaired) electrons. The predicted molar refractivity (Wildman–Crippen MR) is 238 cm³/mol. The van der Waals surface area contributed by atoms with Crippen LogP contribution in [-0.4, -0.2) is 37.2 Å². The molecule has 0 saturated carbocycles. The van der Waals surface area contributed by atoms with E-state index in [9.17, 15) is 14.4 Å². The van der Waals surface area contributed by atoms with Crippen molar-refractivity contribution < 1.29 is 28.6 Å². The summed E-state index contributed by atoms with van der Waals surface area (Å²) in [6.45, 7) is 6.45. The molecule has 0 fully saturated rings. The van der Waals surface area contributed by atoms with Crippen molar-refractivity contribution >= 4 is 17.9 Å². The van der Waals surface area contributed by atoms with Crippen LogP contribution in [0.2, 0.25) is 0 Å². The van der Waals surface area contributed by atoms with E-state index >= 15 is 0 Å². The molecular weight excluding hydrogens is 697 g/mol. The van der Waals surface area contributed by atoms with E-state index in [0.717, 1.165) is 89.9 Å². The molecule has 1 atom stereocenters. The van der Waals surface area contributed by atoms with Crippen molar-refractivity contribution in [3.05, 3.63) is 72.9 Å². The second-order valence-electron chi connectivity index (χ2n) is 15.0. The van der Waals surface area contributed by atoms with Crippen LogP contribution in [0.15, 0.2) is 72.9 Å². The fraction of sp³-hybridized carbons (Fsp3) is 0.700. The Morgan fingerprint density at radius 2 is 0.696 bits per heavy atom. The van der Waals surface area contributed by atoms with E-state index in [1.165, 1.54) is 70.6 Å². The molecule has 0 bridgehead atoms. The van der Waals surface area contributed by atoms with Crippen LogP contribution in [0, 0.1) is 0 Å². The van der Waals surface area contributed by atoms with Gasteiger partial charge in [0.1, 0.15) is 13.2 Å². The fourth-order valence-electron chi connectivity index (χ4n) is 5.97. The minimum Gasteiger partial charge on any atom is -0.462 e. The first-order valence-electron chi connectivity index (χ1n) is 23.0. The molecule has 1 unspecified atom stereocenters. The van der Waals surface area contributed by atoms with Crippen molar-refractivity contribution in [3.8, 4) is 0 Å². The molecule has 0 aromatic carbocycles. The van der Waals surface area contributed by atoms with Gasteiger partial charge in [-0.05, 0) is 83.5 Å². The van der Waals surface area contributed by atoms with Crippen molar-refractivity contribution in [3.63, 3.8) is 0 Å². The molecule has 0 saturated heterocycles. The summed E-state index contributed by atoms with van der Waals surface area (Å²) in [5, 5.41) is 0. The highest BCUT2D eigenvalue weighted by atomic mass is 16.6. The first-order chi connectivity index (χ1) is 27.5. The molecule has 0 rings (SSSR count). The number of hydrogen-bond acceptors (Lipinski definition) is 6. The normalized spacial score (nSPS) is 12.7. The van der Waals surface area contributed by atoms with Gasteiger partial charge in [-0.25, -0.2) is 0 Å². The average Bonchev–Trinajstić information content (AvgIpc) is 3.19. The zero-order valence-electron chi connectivity index (χ0n) is 36.4. The second kappa shape index (κ2) is 44.6. The third-order valence-corrected chi connectivity index (χ3v) is 9.50. The van der Waals surface area contributed by atoms with Crippen molar-refractivity contribution in [2.45, 2.75) is 213 Å². The van der Waals surface area contributed by atoms with Crippen LogP contribution in [0.4, 0.5) is 0 Å². The van der Waals surface area contributed by atoms with Gasteiger partial charge < -0.3 is 14.2 Å². The maximum Gasteiger partial charge on any atom is 0.306 e. The molecule has 0 aliphatic carbocycles. The lowest BCUT2D eigenvalue weighted by Crippen LogP contribution is -2.30. The Morgan fingerprint density at radius 3 is 1.21 bits per heavy atom. The van der Waals surface area contributed by atoms with Gasteiger partial charge in [-0.2, -0.15) is 0 Å². The smallest absolute Gasteiger partial charge is 0.306 e. The molecule has 0 N–H and O–H groups in total. The Kier molecular flexibility index (Phi) is 42.1. The Morgan fingerprint density at radius 1 is 0.357 bits per heavy atom. The lowest BCUT2D eigenvalue weighted by Gasteiger charge is -2.18. The van der Waals surface area contributed by atoms with Gasteiger partial charge in [0.05, 0.1) is 0 Å². The number of carbonyl (C=O) groups excluding carboxylic acids is 3. The number of ether oxygens (including phenoxy) is 3. The zero-order chi connectivity index (χ0) is 40.8. The standard InChI is InChI=1S/C50H84O6/c1-4-7-10-13-16-19-21-22-23-24-25-26-27-29-31-34-37-40-43-49(52)55-46-47(45-54-48(51)42-39-36-33-30-18-15-12-9-6-3)56-50(53)44-41-38-35-32-28-20-17-14-11-8-5-2/h14,16-17,19,21-26,30,33,47H,4-13,15,18,20,27-29,31-32,34-46H2,1-3H3/b17-14-,19-16-,22-21-,24-23-,26-25-,33-30-. The van der Waals surface area contributed by atoms with E-state index in [1.807, 2.05) is 0 Å². The van der Waals surface area contributed by atoms with Crippen LogP contribution in [0.5, 0.6) is 0 Å². The third kappa shape index (κ3) is 42.0. The topological polar surface area (TPSA) is 78.9 Å². The van der Waals surface area contributed by atoms with Crippen molar-refractivity contribution in [2.75, 3.05) is 13.2 Å². The van der Waals surface area contributed by atoms with Crippen LogP contribution in [0.3, 0.4) is 0 Å². The number of unbranched alkanes of at least 4 members (excludes halogenated alkanes) is 20. The van der Waals surface area contributed by atoms with E-state index in [2.05, 4.69) is 93.7 Å². The summed E-state index contributed by atoms with van der Waals surface area (Å²) in [5.41, 5.74) is 0. The summed E-state index contributed by atoms with van der Waals surface area (Å²) >= 11 is 0. The molecule has 0 aliphatic heterocycles. The Bertz CT molecular complexity index is 1080. The van der Waals surface area contributed by atoms with E-state index in [0.29, 0.717) is 25.7 Å². The first kappa shape index (κ1) is 52.9. The third-order valence-electron chi connectivity index (χ3n) is 9.50. The summed E-state index contributed by atoms with van der Waals surface area (Å²) < 4.78 is 16.6. The van der Waals surface area contributed by atoms with E-state index in [-0.39, 0.29) is 31.1 Å². The molecule has 56 heavy (non-hydrogen) atoms. The predicted octanol–water partition coefficient (Wildman–Crippen LogP) is 14.7. The fourth-order valence-corrected chi connectivity index (χ4v) is 5.97. The summed E-state index contributed by atoms with van der Waals surface area (Å²) in [6, 6.07) is 0. The van der Waals surface area contributed by atoms with Gasteiger partial charge in [0, 0.05) is 19.3 Å². The number of carbonyl (C=O) groups is 3. The largest absolute Gasteiger partial charge is 0.462 e. The van der Waals surface area contributed by atoms with Crippen molar-refractivity contribution in [2.24, 2.45) is 0 Å². The van der Waals surface area contributed by atoms with E-state index in [1.54, 1.807) is 0 Å². The highest BCUT2D eigenvalue weighted by molar-refractivity contribution is 5.71. The number of rotatable bonds is 40. The van der Waals surface area contributed by atoms with Gasteiger partial charge in [-0.1, -0.05) is 177 Å². The van der Waals surface area contributed by atoms with Crippen LogP contribution in [0.1, 0.15) is 207 Å². The number of hydrogen-bond donors (Lipinski definition) is 0. The summed E-state index contributed by atoms with van der Waals surface area (Å²) in [6.07, 6.45) is 54.6. The number of allylic oxidation sites excluding steroid dienone is 12. The van der Waals surface area contributed by atoms with E-state index < -0.39 is 6.10 Å². The monoisotopic (exact) mass is 781 g/mol. The van der Waals surface area contributed by atoms with Gasteiger partial charge in [0.25, 0.3) is 0 Å². The lowest BCUT2D eigenvalue weighted by atomic mass is 10.1. The first-order valence-corrected chi connectivity index (χ1v) is 23.0. The molecule has 0 aromatic heterocycles. The molecule has 6 heteroatoms. The van der Waals surface area contributed by atoms with Gasteiger partial charge in [0.15, 0.2) is 6.10 Å². The second-order valence-corrected chi connectivity index (χ2v) is 15.0. The Hall–Kier alpha value is -3.15. The highest BCUT2D eigenvalue weighted by Gasteiger charge is 2.19. The summed E-state index contributed by atoms with van der Waals surface area (Å²) in [4.78, 5) is 37.6. The van der Waals surface area contributed by atoms with Gasteiger partial charge in [-0.3, -0.25) is 14.4 Å². The molecule has 6 nitrogen and oxygen atoms in total. The molecule has 0 aromatic rings. The summed E-state index contributed by atoms with van der Waals surface area (Å²) in [7, 11) is 0. The average molecular weight is 781 g/mol. The summed E-state index contributed by atoms with van der Waals surface area (Å²) in [5.74, 6) is -0.974. The molecule has 0 aliphatic rings. The van der Waals surface area contributed by atoms with Crippen molar-refractivity contribution in [1.82, 2.24) is 0 Å². The SMILES string of the molecule is CCCC/C=C\CCCCCCCC(=O)OC(COC(=O)CCC/C=C\CCCCCC)COC(=O)CCCCCCC\C=C/C=C\C=C/C=C\CCCCC. The van der Waals surface area contributed by atoms with Gasteiger partial charge >= 0.3 is 17.9 Å². The minimum atomic E-state index is -0.797. The van der Waals surface area contributed by atoms with Gasteiger partial charge in [-0.15, -0.1) is 0 Å². The Balaban J connectivity index is 4.42. The maximum atomic E-state index is 12.7. The van der Waals surface area contributed by atoms with Crippen LogP contribution < -0.4 is 0 Å². The minimum absolute atomic E-state index is 0.100. The lowest BCUT2D eigenvalue weighted by molar-refractivity contribution is -0.167.